The normalized spacial score (nSPS) is 11.7. The monoisotopic (exact) mass is 1650 g/mol. The van der Waals surface area contributed by atoms with Gasteiger partial charge in [-0.3, -0.25) is 0 Å². The Balaban J connectivity index is 0.000000149. The number of rotatable bonds is 14. The second-order valence-electron chi connectivity index (χ2n) is 35.4. The van der Waals surface area contributed by atoms with Gasteiger partial charge >= 0.3 is 0 Å². The van der Waals surface area contributed by atoms with E-state index in [1.54, 1.807) is 0 Å². The van der Waals surface area contributed by atoms with Crippen molar-refractivity contribution in [1.29, 1.82) is 0 Å². The third kappa shape index (κ3) is 14.4. The maximum Gasteiger partial charge on any atom is 0.0541 e. The van der Waals surface area contributed by atoms with E-state index in [1.807, 2.05) is 0 Å². The van der Waals surface area contributed by atoms with Crippen LogP contribution in [0, 0.1) is 0 Å². The zero-order valence-electron chi connectivity index (χ0n) is 72.7. The van der Waals surface area contributed by atoms with Crippen LogP contribution in [0.3, 0.4) is 0 Å². The van der Waals surface area contributed by atoms with Crippen molar-refractivity contribution >= 4 is 86.7 Å². The number of hydrogen-bond donors (Lipinski definition) is 0. The van der Waals surface area contributed by atoms with Gasteiger partial charge in [0.15, 0.2) is 0 Å². The number of hydrogen-bond acceptors (Lipinski definition) is 0. The van der Waals surface area contributed by atoms with Crippen molar-refractivity contribution < 1.29 is 0 Å². The standard InChI is InChI=1S/C68H45N.C60H45N/c1-5-15-46(16-6-1)49-25-27-50(28-26-49)51-29-33-53(34-30-51)67-60-40-37-56(48-19-9-3-10-20-48)45-64(60)68(61-41-38-55(44-63(61)67)47-17-7-2-8-18-47)54-35-31-52(32-36-54)57-39-42-66-62(43-57)59-23-13-14-24-65(59)69(66)58-21-11-4-12-22-58;1-60(2,3)48-31-35-57-53(39-48)52-36-47(30-34-56(52)61(57)49-22-14-7-15-23-49)42-24-26-44(27-25-42)59-51-33-29-45(40-16-8-4-9-17-40)37-54(51)58(43-20-12-6-13-21-43)50-32-28-46(38-55(50)59)41-18-10-5-11-19-41/h1-45H;4-39H,1-3H3. The zero-order valence-corrected chi connectivity index (χ0v) is 72.7. The van der Waals surface area contributed by atoms with E-state index in [0.29, 0.717) is 0 Å². The molecule has 2 aromatic heterocycles. The van der Waals surface area contributed by atoms with Gasteiger partial charge in [-0.15, -0.1) is 0 Å². The lowest BCUT2D eigenvalue weighted by atomic mass is 9.83. The topological polar surface area (TPSA) is 9.86 Å². The van der Waals surface area contributed by atoms with Crippen molar-refractivity contribution in [3.8, 4) is 145 Å². The molecule has 24 rings (SSSR count). The molecule has 22 aromatic carbocycles. The van der Waals surface area contributed by atoms with E-state index in [9.17, 15) is 0 Å². The molecule has 24 aromatic rings. The minimum atomic E-state index is 0.0431. The molecule has 0 aliphatic rings. The van der Waals surface area contributed by atoms with Gasteiger partial charge in [0.1, 0.15) is 0 Å². The van der Waals surface area contributed by atoms with E-state index in [4.69, 9.17) is 0 Å². The van der Waals surface area contributed by atoms with Crippen LogP contribution in [0.25, 0.3) is 232 Å². The highest BCUT2D eigenvalue weighted by molar-refractivity contribution is 6.25. The van der Waals surface area contributed by atoms with Gasteiger partial charge in [0.05, 0.1) is 22.1 Å². The highest BCUT2D eigenvalue weighted by Crippen LogP contribution is 2.51. The largest absolute Gasteiger partial charge is 0.309 e. The smallest absolute Gasteiger partial charge is 0.0541 e. The van der Waals surface area contributed by atoms with Crippen LogP contribution in [-0.4, -0.2) is 9.13 Å². The molecule has 0 aliphatic carbocycles. The molecule has 0 N–H and O–H groups in total. The summed E-state index contributed by atoms with van der Waals surface area (Å²) >= 11 is 0. The molecule has 130 heavy (non-hydrogen) atoms. The van der Waals surface area contributed by atoms with Gasteiger partial charge < -0.3 is 9.13 Å². The van der Waals surface area contributed by atoms with Crippen molar-refractivity contribution in [3.05, 3.63) is 497 Å². The minimum Gasteiger partial charge on any atom is -0.309 e. The van der Waals surface area contributed by atoms with Crippen LogP contribution in [0.1, 0.15) is 26.3 Å². The number of aromatic nitrogens is 2. The summed E-state index contributed by atoms with van der Waals surface area (Å²) in [5.41, 5.74) is 37.7. The fourth-order valence-corrected chi connectivity index (χ4v) is 20.1. The summed E-state index contributed by atoms with van der Waals surface area (Å²) in [6.45, 7) is 6.89. The Hall–Kier alpha value is -16.5. The molecule has 0 saturated carbocycles. The Morgan fingerprint density at radius 2 is 0.323 bits per heavy atom. The third-order valence-electron chi connectivity index (χ3n) is 26.6. The SMILES string of the molecule is CC(C)(C)c1ccc2c(c1)c1cc(-c3ccc(-c4c5ccc(-c6ccccc6)cc5c(-c5ccccc5)c5ccc(-c6ccccc6)cc45)cc3)ccc1n2-c1ccccc1.c1ccc(-c2ccc(-c3ccc(-c4c5ccc(-c6ccccc6)cc5c(-c5ccc(-c6ccc7c(c6)c6ccccc6n7-c6ccccc6)cc5)c5ccc(-c6ccccc6)cc45)cc3)cc2)cc1. The summed E-state index contributed by atoms with van der Waals surface area (Å²) in [6.07, 6.45) is 0. The Morgan fingerprint density at radius 3 is 0.631 bits per heavy atom. The first-order chi connectivity index (χ1) is 64.1. The molecule has 0 fully saturated rings. The summed E-state index contributed by atoms with van der Waals surface area (Å²) in [7, 11) is 0. The predicted molar refractivity (Wildman–Crippen MR) is 556 cm³/mol. The van der Waals surface area contributed by atoms with Crippen LogP contribution in [-0.2, 0) is 5.41 Å². The Labute approximate surface area is 758 Å². The molecule has 0 amide bonds. The van der Waals surface area contributed by atoms with E-state index < -0.39 is 0 Å². The first-order valence-corrected chi connectivity index (χ1v) is 45.2. The molecule has 0 atom stereocenters. The molecule has 0 unspecified atom stereocenters. The van der Waals surface area contributed by atoms with Crippen molar-refractivity contribution in [1.82, 2.24) is 9.13 Å². The van der Waals surface area contributed by atoms with Crippen molar-refractivity contribution in [2.75, 3.05) is 0 Å². The molecule has 0 aliphatic heterocycles. The second-order valence-corrected chi connectivity index (χ2v) is 35.4. The van der Waals surface area contributed by atoms with Crippen molar-refractivity contribution in [3.63, 3.8) is 0 Å². The lowest BCUT2D eigenvalue weighted by Crippen LogP contribution is -2.10. The van der Waals surface area contributed by atoms with E-state index in [1.165, 1.54) is 237 Å². The first kappa shape index (κ1) is 78.2. The third-order valence-corrected chi connectivity index (χ3v) is 26.6. The summed E-state index contributed by atoms with van der Waals surface area (Å²) < 4.78 is 4.79. The van der Waals surface area contributed by atoms with Gasteiger partial charge in [0.2, 0.25) is 0 Å². The van der Waals surface area contributed by atoms with Crippen LogP contribution < -0.4 is 0 Å². The molecule has 0 saturated heterocycles. The van der Waals surface area contributed by atoms with E-state index in [0.717, 1.165) is 0 Å². The van der Waals surface area contributed by atoms with Crippen LogP contribution in [0.2, 0.25) is 0 Å². The van der Waals surface area contributed by atoms with E-state index >= 15 is 0 Å². The van der Waals surface area contributed by atoms with Gasteiger partial charge in [-0.05, 0) is 279 Å². The number of para-hydroxylation sites is 3. The maximum absolute atomic E-state index is 2.42. The molecule has 0 radical (unpaired) electrons. The number of benzene rings is 22. The highest BCUT2D eigenvalue weighted by atomic mass is 15.0. The maximum atomic E-state index is 2.42. The summed E-state index contributed by atoms with van der Waals surface area (Å²) in [6, 6.07) is 181. The quantitative estimate of drug-likeness (QED) is 0.0961. The molecule has 0 bridgehead atoms. The van der Waals surface area contributed by atoms with Gasteiger partial charge in [0.25, 0.3) is 0 Å². The molecule has 612 valence electrons. The summed E-state index contributed by atoms with van der Waals surface area (Å²) in [5, 5.41) is 15.0. The van der Waals surface area contributed by atoms with Crippen molar-refractivity contribution in [2.24, 2.45) is 0 Å². The van der Waals surface area contributed by atoms with Crippen LogP contribution in [0.4, 0.5) is 0 Å². The molecule has 0 spiro atoms. The Morgan fingerprint density at radius 1 is 0.131 bits per heavy atom. The average Bonchev–Trinajstić information content (AvgIpc) is 1.09. The van der Waals surface area contributed by atoms with Crippen LogP contribution in [0.5, 0.6) is 0 Å². The average molecular weight is 1660 g/mol. The van der Waals surface area contributed by atoms with Crippen LogP contribution in [0.15, 0.2) is 491 Å². The van der Waals surface area contributed by atoms with Gasteiger partial charge in [-0.25, -0.2) is 0 Å². The zero-order chi connectivity index (χ0) is 86.8. The fraction of sp³-hybridized carbons (Fsp3) is 0.0312. The van der Waals surface area contributed by atoms with Gasteiger partial charge in [-0.1, -0.05) is 421 Å². The minimum absolute atomic E-state index is 0.0431. The summed E-state index contributed by atoms with van der Waals surface area (Å²) in [5.74, 6) is 0. The van der Waals surface area contributed by atoms with Crippen molar-refractivity contribution in [2.45, 2.75) is 26.2 Å². The summed E-state index contributed by atoms with van der Waals surface area (Å²) in [4.78, 5) is 0. The second kappa shape index (κ2) is 33.1. The number of fused-ring (bicyclic) bond motifs is 10. The molecule has 2 heterocycles. The van der Waals surface area contributed by atoms with Gasteiger partial charge in [0, 0.05) is 32.9 Å². The molecule has 2 nitrogen and oxygen atoms in total. The molecular formula is C128H90N2. The van der Waals surface area contributed by atoms with Gasteiger partial charge in [-0.2, -0.15) is 0 Å². The molecule has 2 heteroatoms. The Bertz CT molecular complexity index is 8370. The first-order valence-electron chi connectivity index (χ1n) is 45.2. The highest BCUT2D eigenvalue weighted by Gasteiger charge is 2.25. The number of nitrogens with zero attached hydrogens (tertiary/aromatic N) is 2. The predicted octanol–water partition coefficient (Wildman–Crippen LogP) is 35.5. The van der Waals surface area contributed by atoms with E-state index in [-0.39, 0.29) is 5.41 Å². The van der Waals surface area contributed by atoms with Crippen LogP contribution >= 0.6 is 0 Å². The fourth-order valence-electron chi connectivity index (χ4n) is 20.1. The Kier molecular flexibility index (Phi) is 19.9. The van der Waals surface area contributed by atoms with E-state index in [2.05, 4.69) is 521 Å². The molecular weight excluding hydrogens is 1570 g/mol. The lowest BCUT2D eigenvalue weighted by Gasteiger charge is -2.20. The lowest BCUT2D eigenvalue weighted by molar-refractivity contribution is 0.591.